The minimum atomic E-state index is -0.574. The molecule has 2 aromatic carbocycles. The maximum Gasteiger partial charge on any atom is 0.170 e. The van der Waals surface area contributed by atoms with Crippen molar-refractivity contribution in [1.29, 1.82) is 0 Å². The molecule has 0 spiro atoms. The van der Waals surface area contributed by atoms with Crippen molar-refractivity contribution in [3.05, 3.63) is 63.6 Å². The van der Waals surface area contributed by atoms with Crippen molar-refractivity contribution < 1.29 is 8.78 Å². The van der Waals surface area contributed by atoms with E-state index in [4.69, 9.17) is 35.4 Å². The second kappa shape index (κ2) is 7.72. The Bertz CT molecular complexity index is 695. The minimum Gasteiger partial charge on any atom is -0.362 e. The Morgan fingerprint density at radius 1 is 1.05 bits per heavy atom. The van der Waals surface area contributed by atoms with Crippen molar-refractivity contribution in [2.75, 3.05) is 11.9 Å². The van der Waals surface area contributed by atoms with Gasteiger partial charge in [-0.2, -0.15) is 0 Å². The Morgan fingerprint density at radius 2 is 1.82 bits per heavy atom. The Hall–Kier alpha value is -1.43. The number of hydrogen-bond acceptors (Lipinski definition) is 1. The molecule has 0 atom stereocenters. The van der Waals surface area contributed by atoms with Crippen molar-refractivity contribution in [2.24, 2.45) is 0 Å². The maximum absolute atomic E-state index is 13.5. The van der Waals surface area contributed by atoms with Crippen LogP contribution in [0, 0.1) is 11.6 Å². The lowest BCUT2D eigenvalue weighted by atomic mass is 10.1. The van der Waals surface area contributed by atoms with Gasteiger partial charge in [0.2, 0.25) is 0 Å². The molecule has 0 heterocycles. The van der Waals surface area contributed by atoms with Crippen molar-refractivity contribution in [1.82, 2.24) is 5.32 Å². The first kappa shape index (κ1) is 16.9. The van der Waals surface area contributed by atoms with Crippen LogP contribution in [0.4, 0.5) is 14.5 Å². The SMILES string of the molecule is Fc1ccc(F)c(NC(=S)NCCc2ccc(Cl)c(Cl)c2)c1. The van der Waals surface area contributed by atoms with Gasteiger partial charge in [-0.1, -0.05) is 29.3 Å². The molecule has 116 valence electrons. The zero-order valence-corrected chi connectivity index (χ0v) is 13.6. The van der Waals surface area contributed by atoms with E-state index in [1.807, 2.05) is 6.07 Å². The van der Waals surface area contributed by atoms with Crippen LogP contribution in [0.5, 0.6) is 0 Å². The van der Waals surface area contributed by atoms with E-state index in [1.54, 1.807) is 12.1 Å². The van der Waals surface area contributed by atoms with E-state index in [0.29, 0.717) is 23.0 Å². The van der Waals surface area contributed by atoms with Gasteiger partial charge in [-0.25, -0.2) is 8.78 Å². The molecule has 7 heteroatoms. The fourth-order valence-electron chi connectivity index (χ4n) is 1.78. The van der Waals surface area contributed by atoms with Gasteiger partial charge < -0.3 is 10.6 Å². The van der Waals surface area contributed by atoms with Crippen LogP contribution in [0.1, 0.15) is 5.56 Å². The van der Waals surface area contributed by atoms with Crippen molar-refractivity contribution >= 4 is 46.2 Å². The molecule has 0 radical (unpaired) electrons. The molecule has 2 aromatic rings. The predicted molar refractivity (Wildman–Crippen MR) is 90.7 cm³/mol. The van der Waals surface area contributed by atoms with Crippen LogP contribution in [0.15, 0.2) is 36.4 Å². The molecule has 22 heavy (non-hydrogen) atoms. The predicted octanol–water partition coefficient (Wildman–Crippen LogP) is 4.80. The number of rotatable bonds is 4. The molecule has 2 rings (SSSR count). The van der Waals surface area contributed by atoms with Gasteiger partial charge >= 0.3 is 0 Å². The van der Waals surface area contributed by atoms with Gasteiger partial charge in [0.1, 0.15) is 11.6 Å². The average Bonchev–Trinajstić information content (AvgIpc) is 2.47. The number of halogens is 4. The fraction of sp³-hybridized carbons (Fsp3) is 0.133. The van der Waals surface area contributed by atoms with Gasteiger partial charge in [0.05, 0.1) is 15.7 Å². The largest absolute Gasteiger partial charge is 0.362 e. The van der Waals surface area contributed by atoms with E-state index in [-0.39, 0.29) is 10.8 Å². The number of nitrogens with one attached hydrogen (secondary N) is 2. The summed E-state index contributed by atoms with van der Waals surface area (Å²) in [5.41, 5.74) is 0.980. The molecule has 2 N–H and O–H groups in total. The molecule has 0 unspecified atom stereocenters. The number of anilines is 1. The van der Waals surface area contributed by atoms with Gasteiger partial charge in [-0.3, -0.25) is 0 Å². The lowest BCUT2D eigenvalue weighted by Crippen LogP contribution is -2.30. The topological polar surface area (TPSA) is 24.1 Å². The van der Waals surface area contributed by atoms with Crippen molar-refractivity contribution in [3.63, 3.8) is 0 Å². The Morgan fingerprint density at radius 3 is 2.55 bits per heavy atom. The summed E-state index contributed by atoms with van der Waals surface area (Å²) in [5.74, 6) is -1.11. The third kappa shape index (κ3) is 4.80. The van der Waals surface area contributed by atoms with Crippen LogP contribution in [0.3, 0.4) is 0 Å². The molecule has 0 aliphatic rings. The molecule has 0 bridgehead atoms. The van der Waals surface area contributed by atoms with Gasteiger partial charge in [0.25, 0.3) is 0 Å². The summed E-state index contributed by atoms with van der Waals surface area (Å²) in [4.78, 5) is 0. The smallest absolute Gasteiger partial charge is 0.170 e. The zero-order valence-electron chi connectivity index (χ0n) is 11.3. The van der Waals surface area contributed by atoms with E-state index < -0.39 is 11.6 Å². The first-order chi connectivity index (χ1) is 10.5. The summed E-state index contributed by atoms with van der Waals surface area (Å²) in [6.07, 6.45) is 0.657. The molecule has 2 nitrogen and oxygen atoms in total. The fourth-order valence-corrected chi connectivity index (χ4v) is 2.31. The summed E-state index contributed by atoms with van der Waals surface area (Å²) >= 11 is 16.8. The lowest BCUT2D eigenvalue weighted by Gasteiger charge is -2.11. The molecule has 0 aliphatic heterocycles. The van der Waals surface area contributed by atoms with Gasteiger partial charge in [-0.15, -0.1) is 0 Å². The molecular formula is C15H12Cl2F2N2S. The summed E-state index contributed by atoms with van der Waals surface area (Å²) in [5, 5.41) is 6.73. The lowest BCUT2D eigenvalue weighted by molar-refractivity contribution is 0.604. The average molecular weight is 361 g/mol. The highest BCUT2D eigenvalue weighted by Gasteiger charge is 2.06. The Balaban J connectivity index is 1.85. The highest BCUT2D eigenvalue weighted by molar-refractivity contribution is 7.80. The third-order valence-corrected chi connectivity index (χ3v) is 3.85. The van der Waals surface area contributed by atoms with Gasteiger partial charge in [-0.05, 0) is 48.5 Å². The number of thiocarbonyl (C=S) groups is 1. The van der Waals surface area contributed by atoms with Crippen molar-refractivity contribution in [2.45, 2.75) is 6.42 Å². The minimum absolute atomic E-state index is 0.00737. The normalized spacial score (nSPS) is 10.4. The first-order valence-corrected chi connectivity index (χ1v) is 7.56. The van der Waals surface area contributed by atoms with E-state index in [2.05, 4.69) is 10.6 Å². The molecule has 0 saturated heterocycles. The number of benzene rings is 2. The van der Waals surface area contributed by atoms with Crippen molar-refractivity contribution in [3.8, 4) is 0 Å². The first-order valence-electron chi connectivity index (χ1n) is 6.39. The number of hydrogen-bond donors (Lipinski definition) is 2. The van der Waals surface area contributed by atoms with Crippen LogP contribution in [-0.4, -0.2) is 11.7 Å². The second-order valence-corrected chi connectivity index (χ2v) is 5.73. The van der Waals surface area contributed by atoms with Crippen LogP contribution < -0.4 is 10.6 Å². The molecule has 0 aliphatic carbocycles. The van der Waals surface area contributed by atoms with Crippen LogP contribution in [0.2, 0.25) is 10.0 Å². The third-order valence-electron chi connectivity index (χ3n) is 2.86. The Kier molecular flexibility index (Phi) is 5.94. The second-order valence-electron chi connectivity index (χ2n) is 4.50. The van der Waals surface area contributed by atoms with Crippen LogP contribution in [-0.2, 0) is 6.42 Å². The maximum atomic E-state index is 13.5. The molecular weight excluding hydrogens is 349 g/mol. The summed E-state index contributed by atoms with van der Waals surface area (Å²) < 4.78 is 26.5. The molecule has 0 fully saturated rings. The van der Waals surface area contributed by atoms with Crippen LogP contribution in [0.25, 0.3) is 0 Å². The highest BCUT2D eigenvalue weighted by Crippen LogP contribution is 2.22. The summed E-state index contributed by atoms with van der Waals surface area (Å²) in [6, 6.07) is 8.48. The zero-order chi connectivity index (χ0) is 16.1. The van der Waals surface area contributed by atoms with E-state index in [0.717, 1.165) is 23.8 Å². The summed E-state index contributed by atoms with van der Waals surface area (Å²) in [6.45, 7) is 0.515. The Labute approximate surface area is 142 Å². The van der Waals surface area contributed by atoms with E-state index in [1.165, 1.54) is 0 Å². The molecule has 0 saturated carbocycles. The molecule has 0 amide bonds. The monoisotopic (exact) mass is 360 g/mol. The van der Waals surface area contributed by atoms with E-state index in [9.17, 15) is 8.78 Å². The van der Waals surface area contributed by atoms with Gasteiger partial charge in [0, 0.05) is 12.6 Å². The molecule has 0 aromatic heterocycles. The van der Waals surface area contributed by atoms with E-state index >= 15 is 0 Å². The van der Waals surface area contributed by atoms with Gasteiger partial charge in [0.15, 0.2) is 5.11 Å². The quantitative estimate of drug-likeness (QED) is 0.765. The standard InChI is InChI=1S/C15H12Cl2F2N2S/c16-11-3-1-9(7-12(11)17)5-6-20-15(22)21-14-8-10(18)2-4-13(14)19/h1-4,7-8H,5-6H2,(H2,20,21,22). The highest BCUT2D eigenvalue weighted by atomic mass is 35.5. The summed E-state index contributed by atoms with van der Waals surface area (Å²) in [7, 11) is 0. The van der Waals surface area contributed by atoms with Crippen LogP contribution >= 0.6 is 35.4 Å².